The summed E-state index contributed by atoms with van der Waals surface area (Å²) in [5, 5.41) is 9.80. The van der Waals surface area contributed by atoms with Gasteiger partial charge < -0.3 is 18.9 Å². The van der Waals surface area contributed by atoms with Crippen LogP contribution in [0.3, 0.4) is 0 Å². The van der Waals surface area contributed by atoms with Crippen LogP contribution in [0.1, 0.15) is 45.6 Å². The van der Waals surface area contributed by atoms with Crippen LogP contribution >= 0.6 is 0 Å². The molecule has 1 saturated heterocycles. The number of benzene rings is 4. The summed E-state index contributed by atoms with van der Waals surface area (Å²) in [5.41, 5.74) is 3.07. The van der Waals surface area contributed by atoms with Gasteiger partial charge in [-0.2, -0.15) is 10.2 Å². The molecule has 0 saturated carbocycles. The van der Waals surface area contributed by atoms with Crippen molar-refractivity contribution in [1.82, 2.24) is 19.6 Å². The van der Waals surface area contributed by atoms with E-state index in [4.69, 9.17) is 18.9 Å². The smallest absolute Gasteiger partial charge is 0.244 e. The van der Waals surface area contributed by atoms with Gasteiger partial charge in [-0.05, 0) is 72.8 Å². The Morgan fingerprint density at radius 2 is 1.13 bits per heavy atom. The van der Waals surface area contributed by atoms with Gasteiger partial charge in [0.15, 0.2) is 6.29 Å². The molecule has 7 rings (SSSR count). The molecule has 0 unspecified atom stereocenters. The predicted molar refractivity (Wildman–Crippen MR) is 165 cm³/mol. The normalized spacial score (nSPS) is 12.9. The fourth-order valence-electron chi connectivity index (χ4n) is 4.78. The number of hydrogen-bond donors (Lipinski definition) is 0. The van der Waals surface area contributed by atoms with E-state index >= 15 is 0 Å². The molecule has 1 fully saturated rings. The second-order valence-electron chi connectivity index (χ2n) is 10.1. The first-order chi connectivity index (χ1) is 21.9. The van der Waals surface area contributed by atoms with Crippen LogP contribution in [-0.2, 0) is 9.47 Å². The van der Waals surface area contributed by atoms with E-state index in [0.29, 0.717) is 36.0 Å². The molecule has 226 valence electrons. The standard InChI is InChI=1S/C18H16N2O4.C16H12N2O3/c1-12(21)20-17-7-6-16(10-14(17)11-19-20)24-15-4-2-13(3-5-15)18-22-8-9-23-18;1-11(20)18-16-7-6-15(8-13(16)9-17-18)21-14-4-2-12(10-19)3-5-14/h2-7,10-11,18H,8-9H2,1H3;2-10H,1H3. The van der Waals surface area contributed by atoms with Crippen molar-refractivity contribution in [2.75, 3.05) is 13.2 Å². The molecule has 0 spiro atoms. The summed E-state index contributed by atoms with van der Waals surface area (Å²) in [4.78, 5) is 33.5. The van der Waals surface area contributed by atoms with Crippen LogP contribution in [0.15, 0.2) is 97.3 Å². The molecular formula is C34H28N4O7. The maximum atomic E-state index is 11.5. The van der Waals surface area contributed by atoms with E-state index in [1.165, 1.54) is 23.2 Å². The Labute approximate surface area is 257 Å². The lowest BCUT2D eigenvalue weighted by molar-refractivity contribution is -0.0441. The van der Waals surface area contributed by atoms with E-state index in [1.54, 1.807) is 48.8 Å². The molecule has 0 radical (unpaired) electrons. The second-order valence-corrected chi connectivity index (χ2v) is 10.1. The molecule has 11 heteroatoms. The van der Waals surface area contributed by atoms with E-state index in [1.807, 2.05) is 48.5 Å². The molecule has 6 aromatic rings. The molecule has 2 aromatic heterocycles. The van der Waals surface area contributed by atoms with Crippen LogP contribution in [0.4, 0.5) is 0 Å². The van der Waals surface area contributed by atoms with Crippen LogP contribution in [-0.4, -0.2) is 50.9 Å². The maximum Gasteiger partial charge on any atom is 0.244 e. The number of aromatic nitrogens is 4. The summed E-state index contributed by atoms with van der Waals surface area (Å²) >= 11 is 0. The van der Waals surface area contributed by atoms with Crippen LogP contribution < -0.4 is 9.47 Å². The van der Waals surface area contributed by atoms with E-state index < -0.39 is 0 Å². The zero-order valence-electron chi connectivity index (χ0n) is 24.5. The number of rotatable bonds is 6. The highest BCUT2D eigenvalue weighted by molar-refractivity contribution is 5.91. The maximum absolute atomic E-state index is 11.5. The minimum atomic E-state index is -0.284. The van der Waals surface area contributed by atoms with E-state index in [9.17, 15) is 14.4 Å². The van der Waals surface area contributed by atoms with Crippen molar-refractivity contribution in [1.29, 1.82) is 0 Å². The van der Waals surface area contributed by atoms with Crippen molar-refractivity contribution in [3.63, 3.8) is 0 Å². The van der Waals surface area contributed by atoms with Gasteiger partial charge in [0.25, 0.3) is 0 Å². The average Bonchev–Trinajstić information content (AvgIpc) is 3.82. The largest absolute Gasteiger partial charge is 0.457 e. The summed E-state index contributed by atoms with van der Waals surface area (Å²) in [6, 6.07) is 25.3. The minimum absolute atomic E-state index is 0.120. The fourth-order valence-corrected chi connectivity index (χ4v) is 4.78. The van der Waals surface area contributed by atoms with Gasteiger partial charge in [-0.15, -0.1) is 0 Å². The van der Waals surface area contributed by atoms with Gasteiger partial charge in [0.05, 0.1) is 36.6 Å². The highest BCUT2D eigenvalue weighted by Crippen LogP contribution is 2.29. The second kappa shape index (κ2) is 12.9. The molecule has 0 N–H and O–H groups in total. The number of aldehydes is 1. The van der Waals surface area contributed by atoms with Crippen molar-refractivity contribution < 1.29 is 33.3 Å². The van der Waals surface area contributed by atoms with E-state index in [-0.39, 0.29) is 18.1 Å². The predicted octanol–water partition coefficient (Wildman–Crippen LogP) is 6.84. The van der Waals surface area contributed by atoms with Gasteiger partial charge >= 0.3 is 0 Å². The Hall–Kier alpha value is -5.65. The number of carbonyl (C=O) groups is 3. The molecule has 0 atom stereocenters. The van der Waals surface area contributed by atoms with Gasteiger partial charge in [-0.3, -0.25) is 14.4 Å². The quantitative estimate of drug-likeness (QED) is 0.188. The first kappa shape index (κ1) is 29.4. The van der Waals surface area contributed by atoms with Crippen molar-refractivity contribution in [3.05, 3.63) is 108 Å². The van der Waals surface area contributed by atoms with Crippen LogP contribution in [0.5, 0.6) is 23.0 Å². The summed E-state index contributed by atoms with van der Waals surface area (Å²) in [6.45, 7) is 4.19. The number of ether oxygens (including phenoxy) is 4. The van der Waals surface area contributed by atoms with Gasteiger partial charge in [0.2, 0.25) is 11.8 Å². The summed E-state index contributed by atoms with van der Waals surface area (Å²) in [6.07, 6.45) is 3.78. The third-order valence-electron chi connectivity index (χ3n) is 6.94. The molecule has 0 amide bonds. The third kappa shape index (κ3) is 6.64. The first-order valence-corrected chi connectivity index (χ1v) is 14.1. The lowest BCUT2D eigenvalue weighted by Gasteiger charge is -2.10. The van der Waals surface area contributed by atoms with Gasteiger partial charge in [-0.25, -0.2) is 9.36 Å². The lowest BCUT2D eigenvalue weighted by atomic mass is 10.2. The van der Waals surface area contributed by atoms with E-state index in [2.05, 4.69) is 10.2 Å². The summed E-state index contributed by atoms with van der Waals surface area (Å²) < 4.78 is 25.2. The van der Waals surface area contributed by atoms with Crippen molar-refractivity contribution in [2.24, 2.45) is 0 Å². The molecule has 1 aliphatic rings. The fraction of sp³-hybridized carbons (Fsp3) is 0.147. The Morgan fingerprint density at radius 3 is 1.58 bits per heavy atom. The molecule has 11 nitrogen and oxygen atoms in total. The van der Waals surface area contributed by atoms with E-state index in [0.717, 1.165) is 39.4 Å². The zero-order valence-corrected chi connectivity index (χ0v) is 24.5. The van der Waals surface area contributed by atoms with Crippen molar-refractivity contribution in [2.45, 2.75) is 20.1 Å². The lowest BCUT2D eigenvalue weighted by Crippen LogP contribution is -2.06. The number of fused-ring (bicyclic) bond motifs is 2. The van der Waals surface area contributed by atoms with Crippen LogP contribution in [0, 0.1) is 0 Å². The Morgan fingerprint density at radius 1 is 0.689 bits per heavy atom. The number of hydrogen-bond acceptors (Lipinski definition) is 9. The van der Waals surface area contributed by atoms with Crippen LogP contribution in [0.2, 0.25) is 0 Å². The molecule has 45 heavy (non-hydrogen) atoms. The first-order valence-electron chi connectivity index (χ1n) is 14.1. The minimum Gasteiger partial charge on any atom is -0.457 e. The Kier molecular flexibility index (Phi) is 8.45. The van der Waals surface area contributed by atoms with Crippen molar-refractivity contribution in [3.8, 4) is 23.0 Å². The molecule has 0 aliphatic carbocycles. The Balaban J connectivity index is 0.000000160. The van der Waals surface area contributed by atoms with Gasteiger partial charge in [0.1, 0.15) is 29.3 Å². The monoisotopic (exact) mass is 604 g/mol. The highest BCUT2D eigenvalue weighted by Gasteiger charge is 2.18. The SMILES string of the molecule is CC(=O)n1ncc2cc(Oc3ccc(C4OCCO4)cc3)ccc21.CC(=O)n1ncc2cc(Oc3ccc(C=O)cc3)ccc21. The molecule has 0 bridgehead atoms. The van der Waals surface area contributed by atoms with Crippen molar-refractivity contribution >= 4 is 39.9 Å². The third-order valence-corrected chi connectivity index (χ3v) is 6.94. The zero-order chi connectivity index (χ0) is 31.3. The molecule has 4 aromatic carbocycles. The van der Waals surface area contributed by atoms with Gasteiger partial charge in [0, 0.05) is 35.7 Å². The Bertz CT molecular complexity index is 1990. The average molecular weight is 605 g/mol. The summed E-state index contributed by atoms with van der Waals surface area (Å²) in [5.74, 6) is 2.43. The van der Waals surface area contributed by atoms with Crippen LogP contribution in [0.25, 0.3) is 21.8 Å². The number of carbonyl (C=O) groups excluding carboxylic acids is 3. The summed E-state index contributed by atoms with van der Waals surface area (Å²) in [7, 11) is 0. The molecule has 3 heterocycles. The van der Waals surface area contributed by atoms with Gasteiger partial charge in [-0.1, -0.05) is 12.1 Å². The number of nitrogens with zero attached hydrogens (tertiary/aromatic N) is 4. The molecular weight excluding hydrogens is 576 g/mol. The molecule has 1 aliphatic heterocycles. The highest BCUT2D eigenvalue weighted by atomic mass is 16.7. The topological polar surface area (TPSA) is 124 Å².